The number of aromatic nitrogens is 2. The number of nitrogens with zero attached hydrogens (tertiary/aromatic N) is 1. The number of carbonyl (C=O) groups excluding carboxylic acids is 1. The third-order valence-corrected chi connectivity index (χ3v) is 7.87. The van der Waals surface area contributed by atoms with Crippen LogP contribution < -0.4 is 20.9 Å². The Morgan fingerprint density at radius 3 is 2.76 bits per heavy atom. The highest BCUT2D eigenvalue weighted by Crippen LogP contribution is 2.46. The van der Waals surface area contributed by atoms with Gasteiger partial charge in [-0.1, -0.05) is 36.5 Å². The SMILES string of the molecule is CCCCOC(=O)[C@H](C)NP(=O)(OC[C@@H]1CCC[C@H](n2ccc(=O)[nH]c2=O)O1)Oc1ccc(Cl)c(Cl)c1. The Kier molecular flexibility index (Phi) is 10.8. The molecule has 1 fully saturated rings. The highest BCUT2D eigenvalue weighted by molar-refractivity contribution is 7.52. The van der Waals surface area contributed by atoms with Gasteiger partial charge >= 0.3 is 19.4 Å². The number of halogens is 2. The van der Waals surface area contributed by atoms with E-state index in [1.807, 2.05) is 6.92 Å². The van der Waals surface area contributed by atoms with E-state index in [1.54, 1.807) is 0 Å². The Hall–Kier alpha value is -2.14. The summed E-state index contributed by atoms with van der Waals surface area (Å²) in [5.41, 5.74) is -1.10. The monoisotopic (exact) mass is 577 g/mol. The summed E-state index contributed by atoms with van der Waals surface area (Å²) >= 11 is 12.0. The zero-order valence-corrected chi connectivity index (χ0v) is 22.9. The van der Waals surface area contributed by atoms with E-state index in [0.29, 0.717) is 25.7 Å². The van der Waals surface area contributed by atoms with Gasteiger partial charge in [-0.3, -0.25) is 23.7 Å². The van der Waals surface area contributed by atoms with Gasteiger partial charge in [0.25, 0.3) is 5.56 Å². The van der Waals surface area contributed by atoms with E-state index in [2.05, 4.69) is 10.1 Å². The van der Waals surface area contributed by atoms with E-state index in [9.17, 15) is 18.9 Å². The van der Waals surface area contributed by atoms with Crippen molar-refractivity contribution in [3.8, 4) is 5.75 Å². The molecule has 0 radical (unpaired) electrons. The predicted octanol–water partition coefficient (Wildman–Crippen LogP) is 4.44. The minimum Gasteiger partial charge on any atom is -0.465 e. The lowest BCUT2D eigenvalue weighted by atomic mass is 10.1. The van der Waals surface area contributed by atoms with E-state index in [0.717, 1.165) is 6.42 Å². The third kappa shape index (κ3) is 8.70. The number of hydrogen-bond donors (Lipinski definition) is 2. The molecule has 14 heteroatoms. The van der Waals surface area contributed by atoms with Crippen LogP contribution in [0, 0.1) is 0 Å². The molecule has 2 N–H and O–H groups in total. The van der Waals surface area contributed by atoms with E-state index < -0.39 is 43.3 Å². The molecule has 2 heterocycles. The first-order chi connectivity index (χ1) is 17.6. The number of H-pyrrole nitrogens is 1. The molecule has 0 saturated carbocycles. The number of esters is 1. The molecule has 1 aromatic heterocycles. The first-order valence-electron chi connectivity index (χ1n) is 11.9. The van der Waals surface area contributed by atoms with Crippen LogP contribution in [0.25, 0.3) is 0 Å². The maximum atomic E-state index is 13.7. The second kappa shape index (κ2) is 13.6. The van der Waals surface area contributed by atoms with E-state index in [1.165, 1.54) is 42.0 Å². The Bertz CT molecular complexity index is 1240. The number of aromatic amines is 1. The largest absolute Gasteiger partial charge is 0.465 e. The number of carbonyl (C=O) groups is 1. The number of ether oxygens (including phenoxy) is 2. The molecule has 11 nitrogen and oxygen atoms in total. The van der Waals surface area contributed by atoms with Crippen LogP contribution in [-0.2, 0) is 23.4 Å². The Labute approximate surface area is 223 Å². The molecule has 37 heavy (non-hydrogen) atoms. The van der Waals surface area contributed by atoms with Gasteiger partial charge in [-0.2, -0.15) is 5.09 Å². The maximum Gasteiger partial charge on any atom is 0.459 e. The van der Waals surface area contributed by atoms with Crippen LogP contribution in [0.3, 0.4) is 0 Å². The number of benzene rings is 1. The van der Waals surface area contributed by atoms with E-state index >= 15 is 0 Å². The van der Waals surface area contributed by atoms with Crippen molar-refractivity contribution in [3.63, 3.8) is 0 Å². The van der Waals surface area contributed by atoms with Crippen LogP contribution in [0.15, 0.2) is 40.1 Å². The minimum atomic E-state index is -4.15. The number of unbranched alkanes of at least 4 members (excludes halogenated alkanes) is 1. The van der Waals surface area contributed by atoms with Crippen LogP contribution in [0.2, 0.25) is 10.0 Å². The quantitative estimate of drug-likeness (QED) is 0.213. The summed E-state index contributed by atoms with van der Waals surface area (Å²) in [5.74, 6) is -0.500. The van der Waals surface area contributed by atoms with Gasteiger partial charge in [0.15, 0.2) is 0 Å². The van der Waals surface area contributed by atoms with Crippen molar-refractivity contribution in [1.29, 1.82) is 0 Å². The van der Waals surface area contributed by atoms with Crippen molar-refractivity contribution in [1.82, 2.24) is 14.6 Å². The van der Waals surface area contributed by atoms with Gasteiger partial charge < -0.3 is 14.0 Å². The van der Waals surface area contributed by atoms with Crippen LogP contribution in [-0.4, -0.2) is 40.9 Å². The molecule has 0 bridgehead atoms. The fourth-order valence-electron chi connectivity index (χ4n) is 3.54. The van der Waals surface area contributed by atoms with Crippen LogP contribution in [0.1, 0.15) is 52.2 Å². The van der Waals surface area contributed by atoms with E-state index in [-0.39, 0.29) is 29.0 Å². The van der Waals surface area contributed by atoms with Gasteiger partial charge in [0.05, 0.1) is 29.4 Å². The zero-order valence-electron chi connectivity index (χ0n) is 20.5. The molecule has 2 aromatic rings. The summed E-state index contributed by atoms with van der Waals surface area (Å²) in [6, 6.07) is 4.54. The highest BCUT2D eigenvalue weighted by atomic mass is 35.5. The molecule has 1 saturated heterocycles. The lowest BCUT2D eigenvalue weighted by Crippen LogP contribution is -2.38. The molecule has 204 valence electrons. The lowest BCUT2D eigenvalue weighted by Gasteiger charge is -2.32. The summed E-state index contributed by atoms with van der Waals surface area (Å²) in [6.07, 6.45) is 3.53. The molecule has 4 atom stereocenters. The molecule has 3 rings (SSSR count). The third-order valence-electron chi connectivity index (χ3n) is 5.48. The van der Waals surface area contributed by atoms with Crippen LogP contribution in [0.4, 0.5) is 0 Å². The highest BCUT2D eigenvalue weighted by Gasteiger charge is 2.35. The normalized spacial score (nSPS) is 20.1. The lowest BCUT2D eigenvalue weighted by molar-refractivity contribution is -0.145. The van der Waals surface area contributed by atoms with Gasteiger partial charge in [0, 0.05) is 18.3 Å². The van der Waals surface area contributed by atoms with E-state index in [4.69, 9.17) is 41.7 Å². The second-order valence-electron chi connectivity index (χ2n) is 8.49. The summed E-state index contributed by atoms with van der Waals surface area (Å²) in [4.78, 5) is 38.1. The van der Waals surface area contributed by atoms with Crippen molar-refractivity contribution >= 4 is 36.9 Å². The Morgan fingerprint density at radius 2 is 2.05 bits per heavy atom. The number of rotatable bonds is 12. The summed E-state index contributed by atoms with van der Waals surface area (Å²) in [5, 5.41) is 3.08. The first kappa shape index (κ1) is 29.4. The molecular formula is C23H30Cl2N3O8P. The average molecular weight is 578 g/mol. The average Bonchev–Trinajstić information content (AvgIpc) is 2.85. The first-order valence-corrected chi connectivity index (χ1v) is 14.2. The van der Waals surface area contributed by atoms with Gasteiger partial charge in [-0.15, -0.1) is 0 Å². The van der Waals surface area contributed by atoms with Gasteiger partial charge in [-0.05, 0) is 44.7 Å². The van der Waals surface area contributed by atoms with Gasteiger partial charge in [0.2, 0.25) is 0 Å². The van der Waals surface area contributed by atoms with Crippen molar-refractivity contribution in [3.05, 3.63) is 61.3 Å². The fraction of sp³-hybridized carbons (Fsp3) is 0.522. The molecule has 0 aliphatic carbocycles. The predicted molar refractivity (Wildman–Crippen MR) is 138 cm³/mol. The molecule has 0 spiro atoms. The molecule has 1 aromatic carbocycles. The smallest absolute Gasteiger partial charge is 0.459 e. The second-order valence-corrected chi connectivity index (χ2v) is 11.0. The van der Waals surface area contributed by atoms with Gasteiger partial charge in [-0.25, -0.2) is 9.36 Å². The molecule has 0 amide bonds. The number of hydrogen-bond acceptors (Lipinski definition) is 8. The Morgan fingerprint density at radius 1 is 1.27 bits per heavy atom. The summed E-state index contributed by atoms with van der Waals surface area (Å²) in [6.45, 7) is 3.52. The maximum absolute atomic E-state index is 13.7. The number of nitrogens with one attached hydrogen (secondary N) is 2. The molecular weight excluding hydrogens is 548 g/mol. The van der Waals surface area contributed by atoms with Gasteiger partial charge in [0.1, 0.15) is 18.0 Å². The molecule has 1 unspecified atom stereocenters. The summed E-state index contributed by atoms with van der Waals surface area (Å²) < 4.78 is 37.5. The summed E-state index contributed by atoms with van der Waals surface area (Å²) in [7, 11) is -4.15. The van der Waals surface area contributed by atoms with Crippen LogP contribution in [0.5, 0.6) is 5.75 Å². The fourth-order valence-corrected chi connectivity index (χ4v) is 5.34. The zero-order chi connectivity index (χ0) is 27.0. The molecule has 1 aliphatic heterocycles. The van der Waals surface area contributed by atoms with Crippen molar-refractivity contribution in [2.45, 2.75) is 64.3 Å². The Balaban J connectivity index is 1.72. The molecule has 1 aliphatic rings. The van der Waals surface area contributed by atoms with Crippen molar-refractivity contribution in [2.24, 2.45) is 0 Å². The minimum absolute atomic E-state index is 0.110. The standard InChI is InChI=1S/C23H30Cl2N3O8P/c1-3-4-12-33-22(30)15(2)27-37(32,36-16-8-9-18(24)19(25)13-16)34-14-17-6-5-7-21(35-17)28-11-10-20(29)26-23(28)31/h8-11,13,15,17,21H,3-7,12,14H2,1-2H3,(H,27,32)(H,26,29,31)/t15-,17-,21+,37?/m0/s1. The van der Waals surface area contributed by atoms with Crippen molar-refractivity contribution < 1.29 is 27.9 Å². The topological polar surface area (TPSA) is 138 Å². The van der Waals surface area contributed by atoms with Crippen LogP contribution >= 0.6 is 30.9 Å². The van der Waals surface area contributed by atoms with Crippen molar-refractivity contribution in [2.75, 3.05) is 13.2 Å².